The van der Waals surface area contributed by atoms with Crippen molar-refractivity contribution in [1.82, 2.24) is 0 Å². The third kappa shape index (κ3) is 8.30. The van der Waals surface area contributed by atoms with Crippen LogP contribution in [0.3, 0.4) is 0 Å². The van der Waals surface area contributed by atoms with Crippen LogP contribution in [0.25, 0.3) is 0 Å². The molecule has 2 aliphatic rings. The molecule has 7 nitrogen and oxygen atoms in total. The zero-order valence-corrected chi connectivity index (χ0v) is 21.1. The molecule has 0 heterocycles. The largest absolute Gasteiger partial charge is 1.00 e. The third-order valence-electron chi connectivity index (χ3n) is 6.43. The number of hydrogen-bond donors (Lipinski definition) is 3. The Balaban J connectivity index is 0.00000480. The van der Waals surface area contributed by atoms with Gasteiger partial charge in [0.2, 0.25) is 0 Å². The van der Waals surface area contributed by atoms with Crippen LogP contribution in [0.15, 0.2) is 23.8 Å². The van der Waals surface area contributed by atoms with Crippen LogP contribution in [-0.4, -0.2) is 51.7 Å². The number of fused-ring (bicyclic) bond motifs is 1. The molecule has 8 heteroatoms. The van der Waals surface area contributed by atoms with Gasteiger partial charge in [-0.3, -0.25) is 4.79 Å². The van der Waals surface area contributed by atoms with Gasteiger partial charge in [0.1, 0.15) is 6.10 Å². The van der Waals surface area contributed by atoms with Crippen LogP contribution in [0.5, 0.6) is 0 Å². The normalized spacial score (nSPS) is 30.3. The summed E-state index contributed by atoms with van der Waals surface area (Å²) in [5, 5.41) is 40.8. The van der Waals surface area contributed by atoms with Gasteiger partial charge in [-0.05, 0) is 43.1 Å². The Hall–Kier alpha value is -0.700. The first kappa shape index (κ1) is 28.3. The van der Waals surface area contributed by atoms with Crippen LogP contribution in [0, 0.1) is 23.7 Å². The van der Waals surface area contributed by atoms with Crippen LogP contribution < -0.4 is 34.7 Å². The Morgan fingerprint density at radius 1 is 1.29 bits per heavy atom. The number of allylic oxidation sites excluding steroid dienone is 2. The number of rotatable bonds is 10. The van der Waals surface area contributed by atoms with Gasteiger partial charge in [0.15, 0.2) is 0 Å². The molecule has 2 rings (SSSR count). The van der Waals surface area contributed by atoms with Crippen molar-refractivity contribution in [2.45, 2.75) is 83.7 Å². The predicted molar refractivity (Wildman–Crippen MR) is 109 cm³/mol. The molecular weight excluding hydrogens is 411 g/mol. The summed E-state index contributed by atoms with van der Waals surface area (Å²) in [5.74, 6) is -1.60. The van der Waals surface area contributed by atoms with E-state index in [1.807, 2.05) is 26.0 Å². The molecule has 0 fully saturated rings. The third-order valence-corrected chi connectivity index (χ3v) is 6.43. The van der Waals surface area contributed by atoms with Gasteiger partial charge in [-0.15, -0.1) is 0 Å². The Labute approximate surface area is 206 Å². The van der Waals surface area contributed by atoms with Crippen LogP contribution in [0.1, 0.15) is 59.3 Å². The molecule has 3 unspecified atom stereocenters. The molecule has 0 saturated heterocycles. The zero-order chi connectivity index (χ0) is 22.4. The van der Waals surface area contributed by atoms with Crippen LogP contribution >= 0.6 is 0 Å². The van der Waals surface area contributed by atoms with Gasteiger partial charge in [0.25, 0.3) is 0 Å². The quantitative estimate of drug-likeness (QED) is 0.265. The molecule has 3 N–H and O–H groups in total. The van der Waals surface area contributed by atoms with Crippen LogP contribution in [-0.2, 0) is 14.3 Å². The molecule has 0 amide bonds. The fraction of sp³-hybridized carbons (Fsp3) is 0.739. The number of hydrogen-bond acceptors (Lipinski definition) is 7. The van der Waals surface area contributed by atoms with Gasteiger partial charge in [0.05, 0.1) is 24.2 Å². The first-order valence-electron chi connectivity index (χ1n) is 11.0. The number of aliphatic hydroxyl groups is 3. The average molecular weight is 447 g/mol. The summed E-state index contributed by atoms with van der Waals surface area (Å²) in [5.41, 5.74) is 0.949. The second kappa shape index (κ2) is 13.1. The second-order valence-corrected chi connectivity index (χ2v) is 8.86. The maximum atomic E-state index is 12.4. The molecular formula is C23H35NaO7. The molecule has 31 heavy (non-hydrogen) atoms. The predicted octanol–water partition coefficient (Wildman–Crippen LogP) is -1.89. The van der Waals surface area contributed by atoms with Gasteiger partial charge >= 0.3 is 35.5 Å². The van der Waals surface area contributed by atoms with Crippen LogP contribution in [0.2, 0.25) is 0 Å². The van der Waals surface area contributed by atoms with Crippen molar-refractivity contribution in [3.63, 3.8) is 0 Å². The first-order valence-corrected chi connectivity index (χ1v) is 11.0. The summed E-state index contributed by atoms with van der Waals surface area (Å²) in [6, 6.07) is 0. The molecule has 0 aliphatic heterocycles. The molecule has 0 aromatic rings. The van der Waals surface area contributed by atoms with Gasteiger partial charge < -0.3 is 30.0 Å². The van der Waals surface area contributed by atoms with E-state index in [0.717, 1.165) is 5.57 Å². The van der Waals surface area contributed by atoms with Gasteiger partial charge in [0, 0.05) is 24.7 Å². The SMILES string of the molecule is CCC(C)C(=O)O[C@H]1CC(O)C=C2C=C[C@H](C)[C@H](CCC(O)C[C@@H](O)CC(=O)[O-])[C@H]21.[Na+]. The first-order chi connectivity index (χ1) is 14.1. The van der Waals surface area contributed by atoms with Crippen molar-refractivity contribution in [1.29, 1.82) is 0 Å². The fourth-order valence-corrected chi connectivity index (χ4v) is 4.51. The van der Waals surface area contributed by atoms with E-state index in [4.69, 9.17) is 4.74 Å². The van der Waals surface area contributed by atoms with Crippen molar-refractivity contribution in [2.75, 3.05) is 0 Å². The molecule has 2 aliphatic carbocycles. The number of carboxylic acid groups (broad SMARTS) is 1. The number of ether oxygens (including phenoxy) is 1. The topological polar surface area (TPSA) is 127 Å². The summed E-state index contributed by atoms with van der Waals surface area (Å²) in [7, 11) is 0. The average Bonchev–Trinajstić information content (AvgIpc) is 2.65. The molecule has 0 radical (unpaired) electrons. The summed E-state index contributed by atoms with van der Waals surface area (Å²) in [6.45, 7) is 5.83. The van der Waals surface area contributed by atoms with Crippen molar-refractivity contribution in [3.05, 3.63) is 23.8 Å². The minimum absolute atomic E-state index is 0. The van der Waals surface area contributed by atoms with E-state index in [1.54, 1.807) is 0 Å². The molecule has 0 aromatic carbocycles. The number of esters is 1. The molecule has 0 aromatic heterocycles. The van der Waals surface area contributed by atoms with E-state index in [1.165, 1.54) is 0 Å². The summed E-state index contributed by atoms with van der Waals surface area (Å²) in [4.78, 5) is 23.0. The van der Waals surface area contributed by atoms with E-state index < -0.39 is 36.8 Å². The van der Waals surface area contributed by atoms with Crippen molar-refractivity contribution < 1.29 is 64.3 Å². The Bertz CT molecular complexity index is 662. The number of carboxylic acids is 1. The Morgan fingerprint density at radius 2 is 1.97 bits per heavy atom. The number of aliphatic hydroxyl groups excluding tert-OH is 3. The molecule has 0 bridgehead atoms. The van der Waals surface area contributed by atoms with E-state index in [9.17, 15) is 30.0 Å². The van der Waals surface area contributed by atoms with Crippen molar-refractivity contribution in [2.24, 2.45) is 23.7 Å². The minimum Gasteiger partial charge on any atom is -0.550 e. The summed E-state index contributed by atoms with van der Waals surface area (Å²) < 4.78 is 5.83. The second-order valence-electron chi connectivity index (χ2n) is 8.86. The standard InChI is InChI=1S/C23H36O7.Na/c1-4-13(2)23(29)30-20-11-17(25)9-15-6-5-14(3)19(22(15)20)8-7-16(24)10-18(26)12-21(27)28;/h5-6,9,13-14,16-20,22,24-26H,4,7-8,10-12H2,1-3H3,(H,27,28);/q;+1/p-1/t13?,14-,16?,17?,18+,19-,20-,22-;/m0./s1. The maximum Gasteiger partial charge on any atom is 1.00 e. The van der Waals surface area contributed by atoms with E-state index in [2.05, 4.69) is 13.0 Å². The number of carbonyl (C=O) groups excluding carboxylic acids is 2. The monoisotopic (exact) mass is 446 g/mol. The molecule has 0 saturated carbocycles. The minimum atomic E-state index is -1.35. The Morgan fingerprint density at radius 3 is 2.58 bits per heavy atom. The van der Waals surface area contributed by atoms with Gasteiger partial charge in [-0.25, -0.2) is 0 Å². The summed E-state index contributed by atoms with van der Waals surface area (Å²) in [6.07, 6.45) is 4.31. The van der Waals surface area contributed by atoms with Crippen molar-refractivity contribution >= 4 is 11.9 Å². The fourth-order valence-electron chi connectivity index (χ4n) is 4.51. The van der Waals surface area contributed by atoms with E-state index >= 15 is 0 Å². The zero-order valence-electron chi connectivity index (χ0n) is 19.1. The van der Waals surface area contributed by atoms with Gasteiger partial charge in [-0.1, -0.05) is 39.0 Å². The smallest absolute Gasteiger partial charge is 0.550 e. The molecule has 170 valence electrons. The van der Waals surface area contributed by atoms with Crippen LogP contribution in [0.4, 0.5) is 0 Å². The summed E-state index contributed by atoms with van der Waals surface area (Å²) >= 11 is 0. The van der Waals surface area contributed by atoms with Gasteiger partial charge in [-0.2, -0.15) is 0 Å². The number of aliphatic carboxylic acids is 1. The Kier molecular flexibility index (Phi) is 12.0. The van der Waals surface area contributed by atoms with E-state index in [-0.39, 0.29) is 65.6 Å². The number of carbonyl (C=O) groups is 2. The maximum absolute atomic E-state index is 12.4. The molecule has 8 atom stereocenters. The van der Waals surface area contributed by atoms with Crippen molar-refractivity contribution in [3.8, 4) is 0 Å². The molecule has 0 spiro atoms. The van der Waals surface area contributed by atoms with E-state index in [0.29, 0.717) is 25.7 Å².